The van der Waals surface area contributed by atoms with Crippen LogP contribution in [0.25, 0.3) is 11.3 Å². The zero-order valence-electron chi connectivity index (χ0n) is 16.6. The summed E-state index contributed by atoms with van der Waals surface area (Å²) in [4.78, 5) is 14.8. The Hall–Kier alpha value is -3.28. The van der Waals surface area contributed by atoms with Crippen molar-refractivity contribution < 1.29 is 9.53 Å². The second-order valence-corrected chi connectivity index (χ2v) is 7.35. The minimum absolute atomic E-state index is 0.0216. The van der Waals surface area contributed by atoms with Gasteiger partial charge in [0.15, 0.2) is 5.82 Å². The van der Waals surface area contributed by atoms with Gasteiger partial charge in [0.1, 0.15) is 5.75 Å². The lowest BCUT2D eigenvalue weighted by atomic mass is 10.0. The number of H-pyrrole nitrogens is 1. The van der Waals surface area contributed by atoms with E-state index < -0.39 is 0 Å². The Bertz CT molecular complexity index is 954. The number of anilines is 1. The van der Waals surface area contributed by atoms with Crippen LogP contribution < -0.4 is 15.0 Å². The molecule has 1 aromatic heterocycles. The molecule has 1 saturated heterocycles. The number of benzene rings is 2. The minimum Gasteiger partial charge on any atom is -0.496 e. The Morgan fingerprint density at radius 2 is 2.00 bits per heavy atom. The van der Waals surface area contributed by atoms with E-state index in [0.29, 0.717) is 6.42 Å². The number of methoxy groups -OCH3 is 1. The highest BCUT2D eigenvalue weighted by Gasteiger charge is 2.23. The van der Waals surface area contributed by atoms with Gasteiger partial charge in [-0.15, -0.1) is 0 Å². The highest BCUT2D eigenvalue weighted by molar-refractivity contribution is 5.79. The van der Waals surface area contributed by atoms with E-state index >= 15 is 0 Å². The van der Waals surface area contributed by atoms with Gasteiger partial charge in [0.05, 0.1) is 19.2 Å². The summed E-state index contributed by atoms with van der Waals surface area (Å²) in [5, 5.41) is 10.8. The van der Waals surface area contributed by atoms with Gasteiger partial charge >= 0.3 is 0 Å². The van der Waals surface area contributed by atoms with Crippen molar-refractivity contribution in [1.29, 1.82) is 0 Å². The van der Waals surface area contributed by atoms with Crippen molar-refractivity contribution in [1.82, 2.24) is 15.5 Å². The average Bonchev–Trinajstić information content (AvgIpc) is 3.25. The lowest BCUT2D eigenvalue weighted by molar-refractivity contribution is -0.121. The molecule has 29 heavy (non-hydrogen) atoms. The van der Waals surface area contributed by atoms with E-state index in [1.807, 2.05) is 42.5 Å². The molecule has 1 aliphatic rings. The summed E-state index contributed by atoms with van der Waals surface area (Å²) in [6, 6.07) is 20.0. The van der Waals surface area contributed by atoms with Gasteiger partial charge in [0, 0.05) is 30.8 Å². The van der Waals surface area contributed by atoms with E-state index in [0.717, 1.165) is 54.3 Å². The van der Waals surface area contributed by atoms with E-state index in [1.54, 1.807) is 7.11 Å². The van der Waals surface area contributed by atoms with Gasteiger partial charge in [-0.25, -0.2) is 0 Å². The number of ether oxygens (including phenoxy) is 1. The first-order valence-corrected chi connectivity index (χ1v) is 10.00. The topological polar surface area (TPSA) is 70.2 Å². The van der Waals surface area contributed by atoms with Crippen LogP contribution in [0.2, 0.25) is 0 Å². The van der Waals surface area contributed by atoms with Crippen molar-refractivity contribution in [3.05, 3.63) is 66.2 Å². The third kappa shape index (κ3) is 4.59. The molecular weight excluding hydrogens is 364 g/mol. The third-order valence-corrected chi connectivity index (χ3v) is 5.30. The van der Waals surface area contributed by atoms with Gasteiger partial charge in [-0.3, -0.25) is 9.89 Å². The quantitative estimate of drug-likeness (QED) is 0.677. The molecule has 2 N–H and O–H groups in total. The van der Waals surface area contributed by atoms with Gasteiger partial charge in [-0.05, 0) is 24.5 Å². The maximum Gasteiger partial charge on any atom is 0.224 e. The van der Waals surface area contributed by atoms with E-state index in [9.17, 15) is 4.79 Å². The largest absolute Gasteiger partial charge is 0.496 e. The second-order valence-electron chi connectivity index (χ2n) is 7.35. The van der Waals surface area contributed by atoms with Crippen molar-refractivity contribution >= 4 is 11.7 Å². The average molecular weight is 390 g/mol. The Morgan fingerprint density at radius 3 is 2.83 bits per heavy atom. The summed E-state index contributed by atoms with van der Waals surface area (Å²) in [7, 11) is 1.63. The number of carbonyl (C=O) groups is 1. The molecule has 0 bridgehead atoms. The molecule has 1 fully saturated rings. The fourth-order valence-electron chi connectivity index (χ4n) is 3.84. The van der Waals surface area contributed by atoms with Crippen LogP contribution in [0.3, 0.4) is 0 Å². The van der Waals surface area contributed by atoms with Crippen LogP contribution in [0.1, 0.15) is 18.4 Å². The molecule has 4 rings (SSSR count). The third-order valence-electron chi connectivity index (χ3n) is 5.30. The molecule has 2 heterocycles. The first-order chi connectivity index (χ1) is 14.2. The number of aromatic nitrogens is 2. The number of hydrogen-bond donors (Lipinski definition) is 2. The predicted octanol–water partition coefficient (Wildman–Crippen LogP) is 3.41. The summed E-state index contributed by atoms with van der Waals surface area (Å²) >= 11 is 0. The van der Waals surface area contributed by atoms with Gasteiger partial charge in [-0.2, -0.15) is 5.10 Å². The fourth-order valence-corrected chi connectivity index (χ4v) is 3.84. The fraction of sp³-hybridized carbons (Fsp3) is 0.304. The van der Waals surface area contributed by atoms with Crippen molar-refractivity contribution in [2.24, 2.45) is 0 Å². The number of rotatable bonds is 6. The molecule has 6 nitrogen and oxygen atoms in total. The van der Waals surface area contributed by atoms with Crippen LogP contribution in [0, 0.1) is 0 Å². The molecule has 1 aliphatic heterocycles. The summed E-state index contributed by atoms with van der Waals surface area (Å²) < 4.78 is 5.35. The predicted molar refractivity (Wildman–Crippen MR) is 114 cm³/mol. The normalized spacial score (nSPS) is 16.4. The molecule has 0 saturated carbocycles. The molecule has 1 atom stereocenters. The summed E-state index contributed by atoms with van der Waals surface area (Å²) in [6.07, 6.45) is 2.32. The lowest BCUT2D eigenvalue weighted by Crippen LogP contribution is -2.48. The highest BCUT2D eigenvalue weighted by atomic mass is 16.5. The number of nitrogens with zero attached hydrogens (tertiary/aromatic N) is 2. The van der Waals surface area contributed by atoms with Gasteiger partial charge in [0.2, 0.25) is 5.91 Å². The summed E-state index contributed by atoms with van der Waals surface area (Å²) in [5.74, 6) is 1.69. The summed E-state index contributed by atoms with van der Waals surface area (Å²) in [5.41, 5.74) is 3.02. The molecule has 6 heteroatoms. The standard InChI is InChI=1S/C23H26N4O2/c1-29-21-12-6-5-10-18(21)14-23(28)24-19-11-7-13-27(16-19)22-15-20(25-26-22)17-8-3-2-4-9-17/h2-6,8-10,12,15,19H,7,11,13-14,16H2,1H3,(H,24,28)(H,25,26)/t19-/m1/s1. The Balaban J connectivity index is 1.37. The number of para-hydroxylation sites is 1. The monoisotopic (exact) mass is 390 g/mol. The Morgan fingerprint density at radius 1 is 1.21 bits per heavy atom. The zero-order valence-corrected chi connectivity index (χ0v) is 16.6. The molecule has 0 aliphatic carbocycles. The summed E-state index contributed by atoms with van der Waals surface area (Å²) in [6.45, 7) is 1.70. The van der Waals surface area contributed by atoms with Gasteiger partial charge in [-0.1, -0.05) is 48.5 Å². The minimum atomic E-state index is 0.0216. The molecule has 1 amide bonds. The van der Waals surface area contributed by atoms with Crippen LogP contribution in [-0.4, -0.2) is 42.3 Å². The maximum absolute atomic E-state index is 12.6. The molecule has 0 spiro atoms. The molecule has 0 unspecified atom stereocenters. The van der Waals surface area contributed by atoms with E-state index in [1.165, 1.54) is 0 Å². The zero-order chi connectivity index (χ0) is 20.1. The Labute approximate surface area is 170 Å². The first-order valence-electron chi connectivity index (χ1n) is 10.00. The maximum atomic E-state index is 12.6. The van der Waals surface area contributed by atoms with Crippen molar-refractivity contribution in [2.45, 2.75) is 25.3 Å². The number of carbonyl (C=O) groups excluding carboxylic acids is 1. The van der Waals surface area contributed by atoms with Crippen LogP contribution >= 0.6 is 0 Å². The van der Waals surface area contributed by atoms with Crippen LogP contribution in [-0.2, 0) is 11.2 Å². The molecular formula is C23H26N4O2. The van der Waals surface area contributed by atoms with Crippen LogP contribution in [0.5, 0.6) is 5.75 Å². The number of nitrogens with one attached hydrogen (secondary N) is 2. The number of piperidine rings is 1. The molecule has 2 aromatic carbocycles. The van der Waals surface area contributed by atoms with Crippen molar-refractivity contribution in [3.8, 4) is 17.0 Å². The van der Waals surface area contributed by atoms with Gasteiger partial charge < -0.3 is 15.0 Å². The van der Waals surface area contributed by atoms with E-state index in [-0.39, 0.29) is 11.9 Å². The van der Waals surface area contributed by atoms with Crippen molar-refractivity contribution in [2.75, 3.05) is 25.1 Å². The lowest BCUT2D eigenvalue weighted by Gasteiger charge is -2.33. The van der Waals surface area contributed by atoms with Crippen molar-refractivity contribution in [3.63, 3.8) is 0 Å². The van der Waals surface area contributed by atoms with E-state index in [4.69, 9.17) is 4.74 Å². The highest BCUT2D eigenvalue weighted by Crippen LogP contribution is 2.24. The molecule has 150 valence electrons. The first kappa shape index (κ1) is 19.1. The number of aromatic amines is 1. The second kappa shape index (κ2) is 8.82. The Kier molecular flexibility index (Phi) is 5.79. The van der Waals surface area contributed by atoms with Crippen LogP contribution in [0.15, 0.2) is 60.7 Å². The SMILES string of the molecule is COc1ccccc1CC(=O)N[C@@H]1CCCN(c2cc(-c3ccccc3)[nH]n2)C1. The smallest absolute Gasteiger partial charge is 0.224 e. The molecule has 0 radical (unpaired) electrons. The van der Waals surface area contributed by atoms with Gasteiger partial charge in [0.25, 0.3) is 0 Å². The molecule has 3 aromatic rings. The number of hydrogen-bond acceptors (Lipinski definition) is 4. The number of amides is 1. The van der Waals surface area contributed by atoms with E-state index in [2.05, 4.69) is 38.6 Å². The van der Waals surface area contributed by atoms with Crippen LogP contribution in [0.4, 0.5) is 5.82 Å².